The van der Waals surface area contributed by atoms with Crippen molar-refractivity contribution in [2.24, 2.45) is 0 Å². The standard InChI is InChI=1S/C19H21N5O2S/c1-3-14-4-6-15(7-5-14)13(2)20-18(26)12-27-19-21-22-23-24(19)16-8-10-17(25)11-9-16/h4-11,13,25H,3,12H2,1-2H3,(H,20,26)/t13-/m1/s1. The van der Waals surface area contributed by atoms with Gasteiger partial charge in [-0.1, -0.05) is 43.0 Å². The fourth-order valence-corrected chi connectivity index (χ4v) is 3.27. The molecule has 0 aliphatic heterocycles. The van der Waals surface area contributed by atoms with E-state index in [1.807, 2.05) is 19.1 Å². The largest absolute Gasteiger partial charge is 0.508 e. The predicted molar refractivity (Wildman–Crippen MR) is 104 cm³/mol. The summed E-state index contributed by atoms with van der Waals surface area (Å²) in [6, 6.07) is 14.7. The Morgan fingerprint density at radius 3 is 2.56 bits per heavy atom. The highest BCUT2D eigenvalue weighted by atomic mass is 32.2. The van der Waals surface area contributed by atoms with Crippen LogP contribution in [0.5, 0.6) is 5.75 Å². The fraction of sp³-hybridized carbons (Fsp3) is 0.263. The van der Waals surface area contributed by atoms with Crippen LogP contribution in [0.2, 0.25) is 0 Å². The van der Waals surface area contributed by atoms with Gasteiger partial charge in [-0.15, -0.1) is 5.10 Å². The van der Waals surface area contributed by atoms with Crippen molar-refractivity contribution < 1.29 is 9.90 Å². The van der Waals surface area contributed by atoms with Gasteiger partial charge in [-0.05, 0) is 59.2 Å². The number of tetrazole rings is 1. The Morgan fingerprint density at radius 1 is 1.19 bits per heavy atom. The maximum atomic E-state index is 12.3. The Morgan fingerprint density at radius 2 is 1.89 bits per heavy atom. The van der Waals surface area contributed by atoms with Crippen molar-refractivity contribution in [3.05, 3.63) is 59.7 Å². The van der Waals surface area contributed by atoms with E-state index in [-0.39, 0.29) is 23.5 Å². The van der Waals surface area contributed by atoms with Gasteiger partial charge in [0.25, 0.3) is 0 Å². The van der Waals surface area contributed by atoms with Crippen molar-refractivity contribution >= 4 is 17.7 Å². The molecule has 0 fully saturated rings. The summed E-state index contributed by atoms with van der Waals surface area (Å²) in [5.41, 5.74) is 3.05. The molecular weight excluding hydrogens is 362 g/mol. The summed E-state index contributed by atoms with van der Waals surface area (Å²) in [5, 5.41) is 24.5. The molecule has 140 valence electrons. The van der Waals surface area contributed by atoms with Gasteiger partial charge in [0, 0.05) is 0 Å². The molecule has 3 rings (SSSR count). The number of aromatic hydroxyl groups is 1. The lowest BCUT2D eigenvalue weighted by molar-refractivity contribution is -0.119. The fourth-order valence-electron chi connectivity index (χ4n) is 2.56. The van der Waals surface area contributed by atoms with Crippen molar-refractivity contribution in [1.29, 1.82) is 0 Å². The number of amides is 1. The summed E-state index contributed by atoms with van der Waals surface area (Å²) in [7, 11) is 0. The normalized spacial score (nSPS) is 11.9. The number of thioether (sulfide) groups is 1. The number of carbonyl (C=O) groups is 1. The molecular formula is C19H21N5O2S. The second kappa shape index (κ2) is 8.68. The van der Waals surface area contributed by atoms with Gasteiger partial charge in [-0.2, -0.15) is 4.68 Å². The van der Waals surface area contributed by atoms with Crippen molar-refractivity contribution in [2.75, 3.05) is 5.75 Å². The molecule has 7 nitrogen and oxygen atoms in total. The Labute approximate surface area is 161 Å². The van der Waals surface area contributed by atoms with Crippen LogP contribution in [0.1, 0.15) is 31.0 Å². The van der Waals surface area contributed by atoms with E-state index in [1.165, 1.54) is 22.0 Å². The molecule has 0 aliphatic carbocycles. The molecule has 1 amide bonds. The topological polar surface area (TPSA) is 92.9 Å². The molecule has 0 bridgehead atoms. The van der Waals surface area contributed by atoms with Crippen LogP contribution in [-0.2, 0) is 11.2 Å². The Balaban J connectivity index is 1.58. The maximum Gasteiger partial charge on any atom is 0.230 e. The highest BCUT2D eigenvalue weighted by Crippen LogP contribution is 2.20. The molecule has 1 heterocycles. The van der Waals surface area contributed by atoms with Crippen LogP contribution in [0.15, 0.2) is 53.7 Å². The predicted octanol–water partition coefficient (Wildman–Crippen LogP) is 2.90. The average molecular weight is 383 g/mol. The molecule has 2 aromatic carbocycles. The highest BCUT2D eigenvalue weighted by Gasteiger charge is 2.14. The SMILES string of the molecule is CCc1ccc([C@@H](C)NC(=O)CSc2nnnn2-c2ccc(O)cc2)cc1. The first-order valence-corrected chi connectivity index (χ1v) is 9.64. The van der Waals surface area contributed by atoms with E-state index in [1.54, 1.807) is 24.3 Å². The number of phenols is 1. The van der Waals surface area contributed by atoms with Gasteiger partial charge >= 0.3 is 0 Å². The number of nitrogens with zero attached hydrogens (tertiary/aromatic N) is 4. The minimum Gasteiger partial charge on any atom is -0.508 e. The zero-order valence-electron chi connectivity index (χ0n) is 15.2. The van der Waals surface area contributed by atoms with Gasteiger partial charge in [-0.25, -0.2) is 0 Å². The van der Waals surface area contributed by atoms with Gasteiger partial charge in [0.2, 0.25) is 11.1 Å². The number of hydrogen-bond donors (Lipinski definition) is 2. The molecule has 0 saturated heterocycles. The van der Waals surface area contributed by atoms with Gasteiger partial charge in [-0.3, -0.25) is 4.79 Å². The summed E-state index contributed by atoms with van der Waals surface area (Å²) in [6.45, 7) is 4.08. The zero-order valence-corrected chi connectivity index (χ0v) is 16.0. The average Bonchev–Trinajstić information content (AvgIpc) is 3.15. The van der Waals surface area contributed by atoms with Gasteiger partial charge in [0.15, 0.2) is 0 Å². The molecule has 8 heteroatoms. The van der Waals surface area contributed by atoms with Crippen LogP contribution in [-0.4, -0.2) is 37.0 Å². The lowest BCUT2D eigenvalue weighted by atomic mass is 10.1. The molecule has 27 heavy (non-hydrogen) atoms. The van der Waals surface area contributed by atoms with E-state index in [0.717, 1.165) is 12.0 Å². The van der Waals surface area contributed by atoms with Crippen LogP contribution in [0.3, 0.4) is 0 Å². The number of benzene rings is 2. The lowest BCUT2D eigenvalue weighted by Crippen LogP contribution is -2.28. The molecule has 0 radical (unpaired) electrons. The maximum absolute atomic E-state index is 12.3. The minimum atomic E-state index is -0.0904. The van der Waals surface area contributed by atoms with E-state index in [9.17, 15) is 9.90 Å². The van der Waals surface area contributed by atoms with Crippen molar-refractivity contribution in [3.63, 3.8) is 0 Å². The van der Waals surface area contributed by atoms with Gasteiger partial charge in [0.05, 0.1) is 17.5 Å². The van der Waals surface area contributed by atoms with Crippen LogP contribution in [0, 0.1) is 0 Å². The van der Waals surface area contributed by atoms with E-state index in [4.69, 9.17) is 0 Å². The van der Waals surface area contributed by atoms with E-state index >= 15 is 0 Å². The molecule has 0 unspecified atom stereocenters. The molecule has 0 spiro atoms. The van der Waals surface area contributed by atoms with E-state index in [2.05, 4.69) is 39.9 Å². The van der Waals surface area contributed by atoms with Crippen LogP contribution >= 0.6 is 11.8 Å². The zero-order chi connectivity index (χ0) is 19.2. The number of rotatable bonds is 7. The molecule has 2 N–H and O–H groups in total. The highest BCUT2D eigenvalue weighted by molar-refractivity contribution is 7.99. The third kappa shape index (κ3) is 4.85. The van der Waals surface area contributed by atoms with Crippen LogP contribution in [0.25, 0.3) is 5.69 Å². The number of nitrogens with one attached hydrogen (secondary N) is 1. The first kappa shape index (κ1) is 18.9. The lowest BCUT2D eigenvalue weighted by Gasteiger charge is -2.14. The number of hydrogen-bond acceptors (Lipinski definition) is 6. The monoisotopic (exact) mass is 383 g/mol. The number of aromatic nitrogens is 4. The van der Waals surface area contributed by atoms with Crippen molar-refractivity contribution in [2.45, 2.75) is 31.5 Å². The summed E-state index contributed by atoms with van der Waals surface area (Å²) >= 11 is 1.26. The van der Waals surface area contributed by atoms with Crippen LogP contribution in [0.4, 0.5) is 0 Å². The Bertz CT molecular complexity index is 893. The Hall–Kier alpha value is -2.87. The van der Waals surface area contributed by atoms with E-state index in [0.29, 0.717) is 10.8 Å². The molecule has 1 aromatic heterocycles. The molecule has 1 atom stereocenters. The molecule has 3 aromatic rings. The third-order valence-electron chi connectivity index (χ3n) is 4.13. The second-order valence-electron chi connectivity index (χ2n) is 6.06. The second-order valence-corrected chi connectivity index (χ2v) is 7.01. The Kier molecular flexibility index (Phi) is 6.08. The minimum absolute atomic E-state index is 0.0721. The molecule has 0 aliphatic rings. The number of carbonyl (C=O) groups excluding carboxylic acids is 1. The quantitative estimate of drug-likeness (QED) is 0.610. The smallest absolute Gasteiger partial charge is 0.230 e. The van der Waals surface area contributed by atoms with Crippen LogP contribution < -0.4 is 5.32 Å². The summed E-state index contributed by atoms with van der Waals surface area (Å²) in [6.07, 6.45) is 0.993. The summed E-state index contributed by atoms with van der Waals surface area (Å²) < 4.78 is 1.53. The molecule has 0 saturated carbocycles. The van der Waals surface area contributed by atoms with Crippen molar-refractivity contribution in [1.82, 2.24) is 25.5 Å². The first-order valence-electron chi connectivity index (χ1n) is 8.65. The summed E-state index contributed by atoms with van der Waals surface area (Å²) in [4.78, 5) is 12.3. The summed E-state index contributed by atoms with van der Waals surface area (Å²) in [5.74, 6) is 0.282. The third-order valence-corrected chi connectivity index (χ3v) is 5.05. The van der Waals surface area contributed by atoms with Gasteiger partial charge < -0.3 is 10.4 Å². The van der Waals surface area contributed by atoms with Gasteiger partial charge in [0.1, 0.15) is 5.75 Å². The first-order chi connectivity index (χ1) is 13.1. The van der Waals surface area contributed by atoms with Crippen molar-refractivity contribution in [3.8, 4) is 11.4 Å². The number of aryl methyl sites for hydroxylation is 1. The number of phenolic OH excluding ortho intramolecular Hbond substituents is 1. The van der Waals surface area contributed by atoms with E-state index < -0.39 is 0 Å².